The minimum atomic E-state index is -0.0793. The first-order valence-corrected chi connectivity index (χ1v) is 8.37. The number of aromatic nitrogens is 3. The van der Waals surface area contributed by atoms with Crippen LogP contribution < -0.4 is 5.32 Å². The number of rotatable bonds is 4. The summed E-state index contributed by atoms with van der Waals surface area (Å²) >= 11 is 0. The molecule has 1 atom stereocenters. The lowest BCUT2D eigenvalue weighted by molar-refractivity contribution is 0.00771. The summed E-state index contributed by atoms with van der Waals surface area (Å²) in [6.07, 6.45) is 7.78. The van der Waals surface area contributed by atoms with E-state index in [9.17, 15) is 4.79 Å². The van der Waals surface area contributed by atoms with Crippen molar-refractivity contribution in [3.05, 3.63) is 42.4 Å². The summed E-state index contributed by atoms with van der Waals surface area (Å²) in [4.78, 5) is 18.5. The average Bonchev–Trinajstić information content (AvgIpc) is 3.37. The third-order valence-electron chi connectivity index (χ3n) is 4.56. The molecule has 1 saturated heterocycles. The Hall–Kier alpha value is -2.41. The second-order valence-electron chi connectivity index (χ2n) is 6.36. The first kappa shape index (κ1) is 15.1. The first-order chi connectivity index (χ1) is 11.8. The van der Waals surface area contributed by atoms with E-state index in [1.807, 2.05) is 34.0 Å². The van der Waals surface area contributed by atoms with Gasteiger partial charge in [0.1, 0.15) is 0 Å². The van der Waals surface area contributed by atoms with E-state index in [0.717, 1.165) is 5.56 Å². The lowest BCUT2D eigenvalue weighted by atomic mass is 10.1. The molecule has 1 aliphatic carbocycles. The summed E-state index contributed by atoms with van der Waals surface area (Å²) < 4.78 is 7.35. The van der Waals surface area contributed by atoms with Gasteiger partial charge in [0.15, 0.2) is 5.82 Å². The summed E-state index contributed by atoms with van der Waals surface area (Å²) in [5, 5.41) is 7.35. The van der Waals surface area contributed by atoms with Crippen molar-refractivity contribution in [2.24, 2.45) is 5.92 Å². The molecule has 3 heterocycles. The number of amides is 2. The number of hydrogen-bond donors (Lipinski definition) is 1. The molecule has 0 aromatic carbocycles. The minimum Gasteiger partial charge on any atom is -0.377 e. The van der Waals surface area contributed by atoms with E-state index in [0.29, 0.717) is 38.0 Å². The summed E-state index contributed by atoms with van der Waals surface area (Å²) in [6.45, 7) is 2.55. The predicted molar refractivity (Wildman–Crippen MR) is 88.6 cm³/mol. The number of anilines is 1. The van der Waals surface area contributed by atoms with Gasteiger partial charge in [-0.2, -0.15) is 5.10 Å². The highest BCUT2D eigenvalue weighted by Crippen LogP contribution is 2.36. The van der Waals surface area contributed by atoms with Gasteiger partial charge in [0.25, 0.3) is 0 Å². The van der Waals surface area contributed by atoms with Crippen molar-refractivity contribution < 1.29 is 9.53 Å². The zero-order valence-electron chi connectivity index (χ0n) is 13.5. The summed E-state index contributed by atoms with van der Waals surface area (Å²) in [6, 6.07) is 5.86. The van der Waals surface area contributed by atoms with Gasteiger partial charge in [-0.3, -0.25) is 15.0 Å². The van der Waals surface area contributed by atoms with Crippen molar-refractivity contribution in [2.75, 3.05) is 25.1 Å². The van der Waals surface area contributed by atoms with E-state index in [2.05, 4.69) is 15.4 Å². The fourth-order valence-electron chi connectivity index (χ4n) is 3.12. The van der Waals surface area contributed by atoms with Crippen LogP contribution in [0.5, 0.6) is 0 Å². The molecule has 2 aromatic rings. The van der Waals surface area contributed by atoms with Crippen molar-refractivity contribution in [1.29, 1.82) is 0 Å². The van der Waals surface area contributed by atoms with Gasteiger partial charge in [0.2, 0.25) is 0 Å². The topological polar surface area (TPSA) is 72.3 Å². The molecule has 1 N–H and O–H groups in total. The highest BCUT2D eigenvalue weighted by Gasteiger charge is 2.39. The van der Waals surface area contributed by atoms with Gasteiger partial charge in [0, 0.05) is 31.2 Å². The Labute approximate surface area is 140 Å². The predicted octanol–water partition coefficient (Wildman–Crippen LogP) is 1.97. The van der Waals surface area contributed by atoms with E-state index >= 15 is 0 Å². The van der Waals surface area contributed by atoms with Crippen molar-refractivity contribution in [2.45, 2.75) is 25.4 Å². The Kier molecular flexibility index (Phi) is 4.17. The van der Waals surface area contributed by atoms with Crippen LogP contribution in [-0.4, -0.2) is 51.5 Å². The van der Waals surface area contributed by atoms with Gasteiger partial charge in [0.05, 0.1) is 25.8 Å². The number of urea groups is 1. The maximum absolute atomic E-state index is 12.6. The molecule has 24 heavy (non-hydrogen) atoms. The number of carbonyl (C=O) groups excluding carboxylic acids is 1. The molecular weight excluding hydrogens is 306 g/mol. The molecule has 0 radical (unpaired) electrons. The number of nitrogens with one attached hydrogen (secondary N) is 1. The average molecular weight is 327 g/mol. The second-order valence-corrected chi connectivity index (χ2v) is 6.36. The Morgan fingerprint density at radius 3 is 2.92 bits per heavy atom. The van der Waals surface area contributed by atoms with Crippen LogP contribution in [0.15, 0.2) is 36.8 Å². The Morgan fingerprint density at radius 2 is 2.12 bits per heavy atom. The fourth-order valence-corrected chi connectivity index (χ4v) is 3.12. The number of morpholine rings is 1. The van der Waals surface area contributed by atoms with Crippen LogP contribution in [0.25, 0.3) is 0 Å². The maximum atomic E-state index is 12.6. The van der Waals surface area contributed by atoms with E-state index in [1.165, 1.54) is 12.8 Å². The standard InChI is InChI=1S/C17H21N5O2/c23-17(22-9-10-24-12-15(22)14-1-2-14)19-16-5-8-21(20-16)11-13-3-6-18-7-4-13/h3-8,14-15H,1-2,9-12H2,(H,19,20,23)/t15-/m0/s1. The molecule has 2 aromatic heterocycles. The van der Waals surface area contributed by atoms with Gasteiger partial charge in [-0.25, -0.2) is 4.79 Å². The molecule has 1 aliphatic heterocycles. The summed E-state index contributed by atoms with van der Waals surface area (Å²) in [5.41, 5.74) is 1.12. The zero-order valence-corrected chi connectivity index (χ0v) is 13.5. The third-order valence-corrected chi connectivity index (χ3v) is 4.56. The largest absolute Gasteiger partial charge is 0.377 e. The molecule has 2 aliphatic rings. The molecular formula is C17H21N5O2. The molecule has 2 amide bonds. The van der Waals surface area contributed by atoms with Gasteiger partial charge >= 0.3 is 6.03 Å². The number of pyridine rings is 1. The maximum Gasteiger partial charge on any atom is 0.323 e. The Morgan fingerprint density at radius 1 is 1.29 bits per heavy atom. The van der Waals surface area contributed by atoms with Crippen LogP contribution in [0, 0.1) is 5.92 Å². The number of ether oxygens (including phenoxy) is 1. The molecule has 7 heteroatoms. The Balaban J connectivity index is 1.39. The minimum absolute atomic E-state index is 0.0793. The normalized spacial score (nSPS) is 20.8. The van der Waals surface area contributed by atoms with Crippen LogP contribution in [0.4, 0.5) is 10.6 Å². The third kappa shape index (κ3) is 3.41. The molecule has 2 fully saturated rings. The molecule has 0 unspecified atom stereocenters. The lowest BCUT2D eigenvalue weighted by Crippen LogP contribution is -2.51. The van der Waals surface area contributed by atoms with Crippen LogP contribution in [0.2, 0.25) is 0 Å². The van der Waals surface area contributed by atoms with Crippen LogP contribution in [-0.2, 0) is 11.3 Å². The van der Waals surface area contributed by atoms with Crippen LogP contribution in [0.3, 0.4) is 0 Å². The highest BCUT2D eigenvalue weighted by molar-refractivity contribution is 5.88. The molecule has 0 bridgehead atoms. The smallest absolute Gasteiger partial charge is 0.323 e. The number of hydrogen-bond acceptors (Lipinski definition) is 4. The van der Waals surface area contributed by atoms with Crippen molar-refractivity contribution in [3.8, 4) is 0 Å². The number of nitrogens with zero attached hydrogens (tertiary/aromatic N) is 4. The van der Waals surface area contributed by atoms with E-state index < -0.39 is 0 Å². The van der Waals surface area contributed by atoms with E-state index in [4.69, 9.17) is 4.74 Å². The van der Waals surface area contributed by atoms with Gasteiger partial charge in [-0.1, -0.05) is 0 Å². The summed E-state index contributed by atoms with van der Waals surface area (Å²) in [5.74, 6) is 1.18. The van der Waals surface area contributed by atoms with Crippen LogP contribution >= 0.6 is 0 Å². The fraction of sp³-hybridized carbons (Fsp3) is 0.471. The zero-order chi connectivity index (χ0) is 16.4. The van der Waals surface area contributed by atoms with Crippen molar-refractivity contribution >= 4 is 11.8 Å². The van der Waals surface area contributed by atoms with E-state index in [1.54, 1.807) is 12.4 Å². The van der Waals surface area contributed by atoms with Gasteiger partial charge in [-0.15, -0.1) is 0 Å². The van der Waals surface area contributed by atoms with Crippen molar-refractivity contribution in [3.63, 3.8) is 0 Å². The molecule has 126 valence electrons. The summed E-state index contributed by atoms with van der Waals surface area (Å²) in [7, 11) is 0. The second kappa shape index (κ2) is 6.60. The lowest BCUT2D eigenvalue weighted by Gasteiger charge is -2.35. The molecule has 7 nitrogen and oxygen atoms in total. The highest BCUT2D eigenvalue weighted by atomic mass is 16.5. The quantitative estimate of drug-likeness (QED) is 0.932. The Bertz CT molecular complexity index is 698. The first-order valence-electron chi connectivity index (χ1n) is 8.37. The van der Waals surface area contributed by atoms with E-state index in [-0.39, 0.29) is 12.1 Å². The number of carbonyl (C=O) groups is 1. The van der Waals surface area contributed by atoms with Crippen molar-refractivity contribution in [1.82, 2.24) is 19.7 Å². The monoisotopic (exact) mass is 327 g/mol. The SMILES string of the molecule is O=C(Nc1ccn(Cc2ccncc2)n1)N1CCOC[C@H]1C1CC1. The molecule has 4 rings (SSSR count). The van der Waals surface area contributed by atoms with Gasteiger partial charge in [-0.05, 0) is 36.5 Å². The molecule has 0 spiro atoms. The van der Waals surface area contributed by atoms with Gasteiger partial charge < -0.3 is 9.64 Å². The van der Waals surface area contributed by atoms with Crippen LogP contribution in [0.1, 0.15) is 18.4 Å². The molecule has 1 saturated carbocycles.